The van der Waals surface area contributed by atoms with Gasteiger partial charge in [-0.05, 0) is 6.42 Å². The Hall–Kier alpha value is -0.100. The lowest BCUT2D eigenvalue weighted by atomic mass is 10.1. The summed E-state index contributed by atoms with van der Waals surface area (Å²) in [5.41, 5.74) is 0.549. The molecular formula is C6H8INO2. The van der Waals surface area contributed by atoms with E-state index in [4.69, 9.17) is 5.11 Å². The molecule has 0 saturated carbocycles. The minimum Gasteiger partial charge on any atom is -0.478 e. The maximum atomic E-state index is 10.4. The van der Waals surface area contributed by atoms with Gasteiger partial charge in [-0.25, -0.2) is 7.91 Å². The van der Waals surface area contributed by atoms with Gasteiger partial charge in [-0.15, -0.1) is 0 Å². The molecule has 0 spiro atoms. The van der Waals surface area contributed by atoms with E-state index in [-0.39, 0.29) is 0 Å². The summed E-state index contributed by atoms with van der Waals surface area (Å²) in [6.45, 7) is 1.60. The number of halogens is 1. The molecule has 0 bridgehead atoms. The van der Waals surface area contributed by atoms with Crippen LogP contribution in [0.4, 0.5) is 0 Å². The number of carboxylic acid groups (broad SMARTS) is 1. The summed E-state index contributed by atoms with van der Waals surface area (Å²) in [6.07, 6.45) is 2.43. The van der Waals surface area contributed by atoms with Crippen molar-refractivity contribution in [1.29, 1.82) is 0 Å². The van der Waals surface area contributed by atoms with Crippen molar-refractivity contribution >= 4 is 28.8 Å². The fourth-order valence-electron chi connectivity index (χ4n) is 0.839. The normalized spacial score (nSPS) is 20.3. The van der Waals surface area contributed by atoms with Crippen LogP contribution in [0, 0.1) is 0 Å². The molecule has 0 aromatic rings. The van der Waals surface area contributed by atoms with Gasteiger partial charge in [-0.3, -0.25) is 0 Å². The predicted molar refractivity (Wildman–Crippen MR) is 45.9 cm³/mol. The van der Waals surface area contributed by atoms with Crippen LogP contribution in [0.25, 0.3) is 0 Å². The molecule has 0 saturated heterocycles. The van der Waals surface area contributed by atoms with Gasteiger partial charge >= 0.3 is 5.97 Å². The second-order valence-electron chi connectivity index (χ2n) is 2.15. The summed E-state index contributed by atoms with van der Waals surface area (Å²) in [4.78, 5) is 10.4. The zero-order chi connectivity index (χ0) is 7.56. The van der Waals surface area contributed by atoms with Crippen LogP contribution in [-0.4, -0.2) is 27.3 Å². The number of carboxylic acids is 1. The Morgan fingerprint density at radius 1 is 1.80 bits per heavy atom. The Kier molecular flexibility index (Phi) is 2.67. The Balaban J connectivity index is 2.56. The average molecular weight is 253 g/mol. The number of hydrogen-bond donors (Lipinski definition) is 1. The van der Waals surface area contributed by atoms with E-state index in [9.17, 15) is 4.79 Å². The maximum Gasteiger partial charge on any atom is 0.331 e. The standard InChI is InChI=1S/C6H8INO2/c7-8-3-1-5(2-4-8)6(9)10/h1H,2-4H2,(H,9,10). The lowest BCUT2D eigenvalue weighted by Gasteiger charge is -2.17. The van der Waals surface area contributed by atoms with Crippen LogP contribution in [0.2, 0.25) is 0 Å². The highest BCUT2D eigenvalue weighted by Gasteiger charge is 2.13. The van der Waals surface area contributed by atoms with Crippen molar-refractivity contribution in [3.8, 4) is 0 Å². The van der Waals surface area contributed by atoms with Crippen LogP contribution >= 0.6 is 22.9 Å². The zero-order valence-electron chi connectivity index (χ0n) is 5.38. The summed E-state index contributed by atoms with van der Waals surface area (Å²) in [7, 11) is 0. The minimum absolute atomic E-state index is 0.549. The molecule has 0 atom stereocenters. The molecule has 4 heteroatoms. The third-order valence-corrected chi connectivity index (χ3v) is 2.31. The smallest absolute Gasteiger partial charge is 0.331 e. The topological polar surface area (TPSA) is 40.5 Å². The van der Waals surface area contributed by atoms with Gasteiger partial charge in [-0.2, -0.15) is 0 Å². The van der Waals surface area contributed by atoms with Gasteiger partial charge in [0.2, 0.25) is 0 Å². The highest BCUT2D eigenvalue weighted by Crippen LogP contribution is 2.13. The van der Waals surface area contributed by atoms with Gasteiger partial charge in [0.05, 0.1) is 0 Å². The molecule has 3 nitrogen and oxygen atoms in total. The van der Waals surface area contributed by atoms with Crippen LogP contribution in [0.1, 0.15) is 6.42 Å². The van der Waals surface area contributed by atoms with Gasteiger partial charge in [0.15, 0.2) is 0 Å². The Morgan fingerprint density at radius 2 is 2.50 bits per heavy atom. The molecule has 1 aliphatic heterocycles. The van der Waals surface area contributed by atoms with Crippen molar-refractivity contribution in [2.45, 2.75) is 6.42 Å². The van der Waals surface area contributed by atoms with E-state index in [0.717, 1.165) is 13.1 Å². The van der Waals surface area contributed by atoms with Gasteiger partial charge in [0.25, 0.3) is 0 Å². The van der Waals surface area contributed by atoms with E-state index >= 15 is 0 Å². The lowest BCUT2D eigenvalue weighted by molar-refractivity contribution is -0.132. The molecule has 0 unspecified atom stereocenters. The number of carbonyl (C=O) groups is 1. The second kappa shape index (κ2) is 3.34. The number of rotatable bonds is 1. The van der Waals surface area contributed by atoms with Crippen LogP contribution in [0.5, 0.6) is 0 Å². The molecule has 1 aliphatic rings. The predicted octanol–water partition coefficient (Wildman–Crippen LogP) is 1.05. The molecule has 0 aliphatic carbocycles. The average Bonchev–Trinajstić information content (AvgIpc) is 1.88. The van der Waals surface area contributed by atoms with Gasteiger partial charge < -0.3 is 5.11 Å². The monoisotopic (exact) mass is 253 g/mol. The third kappa shape index (κ3) is 1.95. The quantitative estimate of drug-likeness (QED) is 0.561. The van der Waals surface area contributed by atoms with Gasteiger partial charge in [0, 0.05) is 41.5 Å². The first-order chi connectivity index (χ1) is 4.70. The minimum atomic E-state index is -0.774. The Bertz CT molecular complexity index is 179. The SMILES string of the molecule is O=C(O)C1=CCN(I)CC1. The van der Waals surface area contributed by atoms with Crippen molar-refractivity contribution in [1.82, 2.24) is 3.11 Å². The van der Waals surface area contributed by atoms with Gasteiger partial charge in [-0.1, -0.05) is 6.08 Å². The van der Waals surface area contributed by atoms with Crippen LogP contribution in [0.3, 0.4) is 0 Å². The lowest BCUT2D eigenvalue weighted by Crippen LogP contribution is -2.21. The third-order valence-electron chi connectivity index (χ3n) is 1.43. The van der Waals surface area contributed by atoms with E-state index in [1.165, 1.54) is 0 Å². The Morgan fingerprint density at radius 3 is 2.90 bits per heavy atom. The zero-order valence-corrected chi connectivity index (χ0v) is 7.54. The summed E-state index contributed by atoms with van der Waals surface area (Å²) < 4.78 is 2.06. The van der Waals surface area contributed by atoms with Gasteiger partial charge in [0.1, 0.15) is 0 Å². The molecule has 1 heterocycles. The number of nitrogens with zero attached hydrogens (tertiary/aromatic N) is 1. The number of aliphatic carboxylic acids is 1. The fraction of sp³-hybridized carbons (Fsp3) is 0.500. The summed E-state index contributed by atoms with van der Waals surface area (Å²) >= 11 is 2.19. The van der Waals surface area contributed by atoms with Crippen LogP contribution in [0.15, 0.2) is 11.6 Å². The van der Waals surface area contributed by atoms with Crippen molar-refractivity contribution in [2.75, 3.05) is 13.1 Å². The highest BCUT2D eigenvalue weighted by atomic mass is 127. The molecule has 1 N–H and O–H groups in total. The molecule has 0 aromatic heterocycles. The van der Waals surface area contributed by atoms with E-state index in [2.05, 4.69) is 26.0 Å². The number of hydrogen-bond acceptors (Lipinski definition) is 2. The molecule has 0 radical (unpaired) electrons. The molecular weight excluding hydrogens is 245 g/mol. The maximum absolute atomic E-state index is 10.4. The molecule has 10 heavy (non-hydrogen) atoms. The molecule has 1 rings (SSSR count). The highest BCUT2D eigenvalue weighted by molar-refractivity contribution is 14.1. The van der Waals surface area contributed by atoms with E-state index in [1.54, 1.807) is 6.08 Å². The van der Waals surface area contributed by atoms with E-state index in [0.29, 0.717) is 12.0 Å². The van der Waals surface area contributed by atoms with Crippen LogP contribution < -0.4 is 0 Å². The largest absolute Gasteiger partial charge is 0.478 e. The van der Waals surface area contributed by atoms with Crippen molar-refractivity contribution in [2.24, 2.45) is 0 Å². The first-order valence-electron chi connectivity index (χ1n) is 3.03. The van der Waals surface area contributed by atoms with Crippen molar-refractivity contribution < 1.29 is 9.90 Å². The van der Waals surface area contributed by atoms with Crippen LogP contribution in [-0.2, 0) is 4.79 Å². The van der Waals surface area contributed by atoms with Crippen molar-refractivity contribution in [3.05, 3.63) is 11.6 Å². The summed E-state index contributed by atoms with van der Waals surface area (Å²) in [5, 5.41) is 8.54. The molecule has 56 valence electrons. The summed E-state index contributed by atoms with van der Waals surface area (Å²) in [5.74, 6) is -0.774. The van der Waals surface area contributed by atoms with Crippen molar-refractivity contribution in [3.63, 3.8) is 0 Å². The Labute approximate surface area is 73.2 Å². The summed E-state index contributed by atoms with van der Waals surface area (Å²) in [6, 6.07) is 0. The van der Waals surface area contributed by atoms with E-state index in [1.807, 2.05) is 0 Å². The molecule has 0 amide bonds. The fourth-order valence-corrected chi connectivity index (χ4v) is 1.28. The molecule has 0 aromatic carbocycles. The second-order valence-corrected chi connectivity index (χ2v) is 3.52. The first-order valence-corrected chi connectivity index (χ1v) is 3.99. The first kappa shape index (κ1) is 8.00. The molecule has 0 fully saturated rings. The van der Waals surface area contributed by atoms with E-state index < -0.39 is 5.97 Å².